The average Bonchev–Trinajstić information content (AvgIpc) is 3.26. The SMILES string of the molecule is COC(=O)N1Cc2nnc(-c3ccc(F)cc3)n2C2(CCN(Cc3cccnc3)CC2)C1. The molecule has 0 bridgehead atoms. The maximum atomic E-state index is 13.5. The Morgan fingerprint density at radius 2 is 1.94 bits per heavy atom. The van der Waals surface area contributed by atoms with Crippen LogP contribution in [0.15, 0.2) is 48.8 Å². The third-order valence-electron chi connectivity index (χ3n) is 6.47. The van der Waals surface area contributed by atoms with Gasteiger partial charge < -0.3 is 9.30 Å². The number of ether oxygens (including phenoxy) is 1. The zero-order valence-electron chi connectivity index (χ0n) is 17.9. The summed E-state index contributed by atoms with van der Waals surface area (Å²) in [5.41, 5.74) is 1.65. The van der Waals surface area contributed by atoms with Gasteiger partial charge in [-0.15, -0.1) is 10.2 Å². The Bertz CT molecular complexity index is 1090. The molecule has 9 heteroatoms. The molecular weight excluding hydrogens is 411 g/mol. The Morgan fingerprint density at radius 3 is 2.62 bits per heavy atom. The summed E-state index contributed by atoms with van der Waals surface area (Å²) in [6.45, 7) is 3.43. The van der Waals surface area contributed by atoms with Crippen molar-refractivity contribution in [1.82, 2.24) is 29.5 Å². The fourth-order valence-electron chi connectivity index (χ4n) is 4.87. The first kappa shape index (κ1) is 20.6. The number of aromatic nitrogens is 4. The van der Waals surface area contributed by atoms with Crippen LogP contribution in [0.1, 0.15) is 24.2 Å². The van der Waals surface area contributed by atoms with E-state index in [9.17, 15) is 9.18 Å². The summed E-state index contributed by atoms with van der Waals surface area (Å²) in [7, 11) is 1.40. The first-order valence-electron chi connectivity index (χ1n) is 10.7. The first-order chi connectivity index (χ1) is 15.6. The highest BCUT2D eigenvalue weighted by Gasteiger charge is 2.45. The third-order valence-corrected chi connectivity index (χ3v) is 6.47. The number of nitrogens with zero attached hydrogens (tertiary/aromatic N) is 6. The van der Waals surface area contributed by atoms with E-state index in [0.717, 1.165) is 43.9 Å². The minimum absolute atomic E-state index is 0.289. The lowest BCUT2D eigenvalue weighted by Crippen LogP contribution is -2.57. The van der Waals surface area contributed by atoms with E-state index in [2.05, 4.69) is 30.7 Å². The van der Waals surface area contributed by atoms with Crippen molar-refractivity contribution in [2.75, 3.05) is 26.7 Å². The van der Waals surface area contributed by atoms with Crippen molar-refractivity contribution in [3.05, 3.63) is 66.0 Å². The smallest absolute Gasteiger partial charge is 0.409 e. The van der Waals surface area contributed by atoms with Crippen LogP contribution >= 0.6 is 0 Å². The number of carbonyl (C=O) groups is 1. The van der Waals surface area contributed by atoms with Crippen LogP contribution in [0.2, 0.25) is 0 Å². The van der Waals surface area contributed by atoms with E-state index in [1.165, 1.54) is 24.8 Å². The normalized spacial score (nSPS) is 17.9. The Balaban J connectivity index is 1.47. The molecular formula is C23H25FN6O2. The van der Waals surface area contributed by atoms with Crippen LogP contribution in [0.5, 0.6) is 0 Å². The summed E-state index contributed by atoms with van der Waals surface area (Å²) in [6, 6.07) is 10.4. The van der Waals surface area contributed by atoms with E-state index in [4.69, 9.17) is 4.74 Å². The summed E-state index contributed by atoms with van der Waals surface area (Å²) >= 11 is 0. The molecule has 2 aromatic heterocycles. The van der Waals surface area contributed by atoms with Crippen LogP contribution in [0.4, 0.5) is 9.18 Å². The lowest BCUT2D eigenvalue weighted by atomic mass is 9.84. The van der Waals surface area contributed by atoms with E-state index in [-0.39, 0.29) is 17.4 Å². The number of fused-ring (bicyclic) bond motifs is 2. The third kappa shape index (κ3) is 3.73. The number of carbonyl (C=O) groups excluding carboxylic acids is 1. The molecule has 5 rings (SSSR count). The molecule has 0 N–H and O–H groups in total. The van der Waals surface area contributed by atoms with Crippen LogP contribution < -0.4 is 0 Å². The second-order valence-corrected chi connectivity index (χ2v) is 8.47. The minimum Gasteiger partial charge on any atom is -0.453 e. The number of amides is 1. The van der Waals surface area contributed by atoms with Gasteiger partial charge in [0, 0.05) is 44.1 Å². The Kier molecular flexibility index (Phi) is 5.34. The highest BCUT2D eigenvalue weighted by Crippen LogP contribution is 2.39. The zero-order valence-corrected chi connectivity index (χ0v) is 17.9. The van der Waals surface area contributed by atoms with Crippen LogP contribution in [0, 0.1) is 5.82 Å². The van der Waals surface area contributed by atoms with E-state index in [1.54, 1.807) is 23.2 Å². The number of hydrogen-bond acceptors (Lipinski definition) is 6. The lowest BCUT2D eigenvalue weighted by molar-refractivity contribution is 0.0341. The molecule has 0 saturated carbocycles. The molecule has 2 aliphatic heterocycles. The van der Waals surface area contributed by atoms with Gasteiger partial charge in [0.1, 0.15) is 5.82 Å². The second-order valence-electron chi connectivity index (χ2n) is 8.47. The van der Waals surface area contributed by atoms with E-state index in [0.29, 0.717) is 18.9 Å². The number of rotatable bonds is 3. The molecule has 4 heterocycles. The second kappa shape index (κ2) is 8.31. The van der Waals surface area contributed by atoms with E-state index in [1.807, 2.05) is 12.3 Å². The lowest BCUT2D eigenvalue weighted by Gasteiger charge is -2.48. The minimum atomic E-state index is -0.361. The van der Waals surface area contributed by atoms with Gasteiger partial charge in [-0.05, 0) is 48.7 Å². The van der Waals surface area contributed by atoms with E-state index >= 15 is 0 Å². The largest absolute Gasteiger partial charge is 0.453 e. The number of benzene rings is 1. The zero-order chi connectivity index (χ0) is 22.1. The number of piperidine rings is 1. The number of halogens is 1. The first-order valence-corrected chi connectivity index (χ1v) is 10.7. The van der Waals surface area contributed by atoms with Gasteiger partial charge in [0.15, 0.2) is 11.6 Å². The number of methoxy groups -OCH3 is 1. The van der Waals surface area contributed by atoms with Crippen molar-refractivity contribution in [2.45, 2.75) is 31.5 Å². The molecule has 166 valence electrons. The average molecular weight is 436 g/mol. The Morgan fingerprint density at radius 1 is 1.16 bits per heavy atom. The number of hydrogen-bond donors (Lipinski definition) is 0. The van der Waals surface area contributed by atoms with Gasteiger partial charge in [-0.1, -0.05) is 6.07 Å². The van der Waals surface area contributed by atoms with Gasteiger partial charge in [0.2, 0.25) is 0 Å². The van der Waals surface area contributed by atoms with Crippen molar-refractivity contribution >= 4 is 6.09 Å². The molecule has 1 amide bonds. The monoisotopic (exact) mass is 436 g/mol. The van der Waals surface area contributed by atoms with Gasteiger partial charge >= 0.3 is 6.09 Å². The Labute approximate surface area is 185 Å². The van der Waals surface area contributed by atoms with Crippen molar-refractivity contribution < 1.29 is 13.9 Å². The molecule has 2 aliphatic rings. The van der Waals surface area contributed by atoms with Crippen LogP contribution in [0.3, 0.4) is 0 Å². The van der Waals surface area contributed by atoms with Crippen molar-refractivity contribution in [3.8, 4) is 11.4 Å². The number of likely N-dealkylation sites (tertiary alicyclic amines) is 1. The van der Waals surface area contributed by atoms with E-state index < -0.39 is 0 Å². The highest BCUT2D eigenvalue weighted by molar-refractivity contribution is 5.68. The maximum Gasteiger partial charge on any atom is 0.409 e. The molecule has 32 heavy (non-hydrogen) atoms. The summed E-state index contributed by atoms with van der Waals surface area (Å²) in [5.74, 6) is 1.15. The molecule has 8 nitrogen and oxygen atoms in total. The van der Waals surface area contributed by atoms with Crippen LogP contribution in [-0.2, 0) is 23.4 Å². The molecule has 0 unspecified atom stereocenters. The summed E-state index contributed by atoms with van der Waals surface area (Å²) < 4.78 is 20.7. The van der Waals surface area contributed by atoms with Gasteiger partial charge in [0.25, 0.3) is 0 Å². The molecule has 0 atom stereocenters. The topological polar surface area (TPSA) is 76.4 Å². The molecule has 0 aliphatic carbocycles. The van der Waals surface area contributed by atoms with Crippen molar-refractivity contribution in [3.63, 3.8) is 0 Å². The van der Waals surface area contributed by atoms with Gasteiger partial charge in [-0.2, -0.15) is 0 Å². The van der Waals surface area contributed by atoms with Crippen LogP contribution in [-0.4, -0.2) is 62.4 Å². The standard InChI is InChI=1S/C23H25FN6O2/c1-32-22(31)29-15-20-26-27-21(18-4-6-19(24)7-5-18)30(20)23(16-29)8-11-28(12-9-23)14-17-3-2-10-25-13-17/h2-7,10,13H,8-9,11-12,14-16H2,1H3. The van der Waals surface area contributed by atoms with Gasteiger partial charge in [0.05, 0.1) is 19.2 Å². The molecule has 1 aromatic carbocycles. The summed E-state index contributed by atoms with van der Waals surface area (Å²) in [4.78, 5) is 20.7. The van der Waals surface area contributed by atoms with Crippen molar-refractivity contribution in [2.24, 2.45) is 0 Å². The molecule has 1 saturated heterocycles. The maximum absolute atomic E-state index is 13.5. The summed E-state index contributed by atoms with van der Waals surface area (Å²) in [6.07, 6.45) is 4.98. The van der Waals surface area contributed by atoms with Gasteiger partial charge in [-0.25, -0.2) is 9.18 Å². The van der Waals surface area contributed by atoms with Crippen LogP contribution in [0.25, 0.3) is 11.4 Å². The highest BCUT2D eigenvalue weighted by atomic mass is 19.1. The summed E-state index contributed by atoms with van der Waals surface area (Å²) in [5, 5.41) is 8.85. The Hall–Kier alpha value is -3.33. The number of pyridine rings is 1. The fraction of sp³-hybridized carbons (Fsp3) is 0.391. The predicted molar refractivity (Wildman–Crippen MR) is 115 cm³/mol. The quantitative estimate of drug-likeness (QED) is 0.628. The predicted octanol–water partition coefficient (Wildman–Crippen LogP) is 3.05. The van der Waals surface area contributed by atoms with Crippen molar-refractivity contribution in [1.29, 1.82) is 0 Å². The van der Waals surface area contributed by atoms with Gasteiger partial charge in [-0.3, -0.25) is 14.8 Å². The molecule has 0 radical (unpaired) electrons. The fourth-order valence-corrected chi connectivity index (χ4v) is 4.87. The molecule has 3 aromatic rings. The molecule has 1 spiro atoms. The molecule has 1 fully saturated rings.